The highest BCUT2D eigenvalue weighted by Gasteiger charge is 2.00. The van der Waals surface area contributed by atoms with E-state index >= 15 is 0 Å². The van der Waals surface area contributed by atoms with Crippen LogP contribution in [0.1, 0.15) is 27.2 Å². The van der Waals surface area contributed by atoms with E-state index in [-0.39, 0.29) is 0 Å². The molecule has 0 bridgehead atoms. The van der Waals surface area contributed by atoms with E-state index in [1.807, 2.05) is 7.05 Å². The first-order valence-corrected chi connectivity index (χ1v) is 5.29. The van der Waals surface area contributed by atoms with Crippen LogP contribution in [0, 0.1) is 0 Å². The van der Waals surface area contributed by atoms with Gasteiger partial charge in [-0.15, -0.1) is 0 Å². The molecular formula is C11H24N2. The smallest absolute Gasteiger partial charge is 0.0161 e. The van der Waals surface area contributed by atoms with Crippen LogP contribution in [0.5, 0.6) is 0 Å². The highest BCUT2D eigenvalue weighted by atomic mass is 15.1. The third-order valence-electron chi connectivity index (χ3n) is 2.46. The van der Waals surface area contributed by atoms with E-state index in [9.17, 15) is 0 Å². The molecule has 0 spiro atoms. The van der Waals surface area contributed by atoms with Crippen molar-refractivity contribution in [1.29, 1.82) is 0 Å². The van der Waals surface area contributed by atoms with Gasteiger partial charge in [0.2, 0.25) is 0 Å². The maximum Gasteiger partial charge on any atom is 0.0161 e. The van der Waals surface area contributed by atoms with Crippen molar-refractivity contribution in [3.8, 4) is 0 Å². The van der Waals surface area contributed by atoms with Crippen molar-refractivity contribution in [3.63, 3.8) is 0 Å². The van der Waals surface area contributed by atoms with Gasteiger partial charge < -0.3 is 10.2 Å². The third-order valence-corrected chi connectivity index (χ3v) is 2.46. The molecule has 1 N–H and O–H groups in total. The van der Waals surface area contributed by atoms with Crippen molar-refractivity contribution < 1.29 is 0 Å². The molecule has 0 amide bonds. The molecule has 0 fully saturated rings. The molecule has 0 saturated carbocycles. The Morgan fingerprint density at radius 2 is 1.92 bits per heavy atom. The molecule has 0 heterocycles. The molecule has 0 aromatic carbocycles. The number of hydrogen-bond donors (Lipinski definition) is 1. The second-order valence-electron chi connectivity index (χ2n) is 3.25. The van der Waals surface area contributed by atoms with Crippen LogP contribution in [-0.2, 0) is 0 Å². The molecule has 0 rings (SSSR count). The van der Waals surface area contributed by atoms with Gasteiger partial charge in [-0.2, -0.15) is 0 Å². The van der Waals surface area contributed by atoms with E-state index in [0.29, 0.717) is 0 Å². The topological polar surface area (TPSA) is 15.3 Å². The first-order valence-electron chi connectivity index (χ1n) is 5.29. The minimum Gasteiger partial charge on any atom is -0.316 e. The quantitative estimate of drug-likeness (QED) is 0.608. The van der Waals surface area contributed by atoms with Crippen LogP contribution < -0.4 is 5.32 Å². The molecule has 13 heavy (non-hydrogen) atoms. The molecule has 0 radical (unpaired) electrons. The summed E-state index contributed by atoms with van der Waals surface area (Å²) in [4.78, 5) is 2.46. The summed E-state index contributed by atoms with van der Waals surface area (Å²) in [5, 5.41) is 3.19. The lowest BCUT2D eigenvalue weighted by atomic mass is 10.1. The van der Waals surface area contributed by atoms with Gasteiger partial charge in [-0.3, -0.25) is 0 Å². The number of rotatable bonds is 7. The largest absolute Gasteiger partial charge is 0.316 e. The van der Waals surface area contributed by atoms with Gasteiger partial charge >= 0.3 is 0 Å². The van der Waals surface area contributed by atoms with E-state index in [0.717, 1.165) is 19.6 Å². The van der Waals surface area contributed by atoms with E-state index in [1.54, 1.807) is 0 Å². The Morgan fingerprint density at radius 3 is 2.31 bits per heavy atom. The van der Waals surface area contributed by atoms with E-state index in [2.05, 4.69) is 37.1 Å². The number of nitrogens with zero attached hydrogens (tertiary/aromatic N) is 1. The molecule has 0 saturated heterocycles. The number of likely N-dealkylation sites (N-methyl/N-ethyl adjacent to an activating group) is 1. The standard InChI is InChI=1S/C11H24N2/c1-5-11(10-12-4)8-9-13(6-2)7-3/h5,12H,6-10H2,1-4H3/b11-5-. The Kier molecular flexibility index (Phi) is 8.05. The van der Waals surface area contributed by atoms with Crippen LogP contribution in [0.2, 0.25) is 0 Å². The minimum atomic E-state index is 1.03. The Labute approximate surface area is 83.0 Å². The maximum absolute atomic E-state index is 3.19. The lowest BCUT2D eigenvalue weighted by Crippen LogP contribution is -2.25. The van der Waals surface area contributed by atoms with Crippen LogP contribution in [0.4, 0.5) is 0 Å². The molecule has 0 aliphatic carbocycles. The van der Waals surface area contributed by atoms with Crippen molar-refractivity contribution in [3.05, 3.63) is 11.6 Å². The summed E-state index contributed by atoms with van der Waals surface area (Å²) in [6.07, 6.45) is 3.42. The predicted octanol–water partition coefficient (Wildman–Crippen LogP) is 1.88. The summed E-state index contributed by atoms with van der Waals surface area (Å²) in [5.41, 5.74) is 1.51. The van der Waals surface area contributed by atoms with E-state index in [1.165, 1.54) is 18.5 Å². The van der Waals surface area contributed by atoms with Crippen molar-refractivity contribution >= 4 is 0 Å². The van der Waals surface area contributed by atoms with Crippen molar-refractivity contribution in [2.75, 3.05) is 33.2 Å². The summed E-state index contributed by atoms with van der Waals surface area (Å²) in [5.74, 6) is 0. The highest BCUT2D eigenvalue weighted by molar-refractivity contribution is 5.02. The first-order chi connectivity index (χ1) is 6.28. The van der Waals surface area contributed by atoms with Crippen LogP contribution in [0.3, 0.4) is 0 Å². The van der Waals surface area contributed by atoms with Crippen LogP contribution in [-0.4, -0.2) is 38.1 Å². The predicted molar refractivity (Wildman–Crippen MR) is 60.1 cm³/mol. The highest BCUT2D eigenvalue weighted by Crippen LogP contribution is 2.01. The van der Waals surface area contributed by atoms with Gasteiger partial charge in [0, 0.05) is 13.1 Å². The van der Waals surface area contributed by atoms with Gasteiger partial charge in [0.05, 0.1) is 0 Å². The van der Waals surface area contributed by atoms with E-state index < -0.39 is 0 Å². The van der Waals surface area contributed by atoms with Crippen molar-refractivity contribution in [2.45, 2.75) is 27.2 Å². The Hall–Kier alpha value is -0.340. The summed E-state index contributed by atoms with van der Waals surface area (Å²) >= 11 is 0. The molecule has 0 unspecified atom stereocenters. The molecular weight excluding hydrogens is 160 g/mol. The zero-order valence-electron chi connectivity index (χ0n) is 9.56. The van der Waals surface area contributed by atoms with Crippen LogP contribution in [0.25, 0.3) is 0 Å². The fraction of sp³-hybridized carbons (Fsp3) is 0.818. The summed E-state index contributed by atoms with van der Waals surface area (Å²) < 4.78 is 0. The molecule has 0 aliphatic rings. The Morgan fingerprint density at radius 1 is 1.31 bits per heavy atom. The fourth-order valence-corrected chi connectivity index (χ4v) is 1.40. The zero-order valence-corrected chi connectivity index (χ0v) is 9.56. The molecule has 0 atom stereocenters. The first kappa shape index (κ1) is 12.7. The average molecular weight is 184 g/mol. The maximum atomic E-state index is 3.19. The molecule has 0 aromatic heterocycles. The van der Waals surface area contributed by atoms with Gasteiger partial charge in [-0.1, -0.05) is 25.5 Å². The normalized spacial score (nSPS) is 12.5. The van der Waals surface area contributed by atoms with Crippen molar-refractivity contribution in [2.24, 2.45) is 0 Å². The minimum absolute atomic E-state index is 1.03. The number of allylic oxidation sites excluding steroid dienone is 1. The molecule has 78 valence electrons. The number of nitrogens with one attached hydrogen (secondary N) is 1. The Balaban J connectivity index is 3.70. The lowest BCUT2D eigenvalue weighted by molar-refractivity contribution is 0.307. The summed E-state index contributed by atoms with van der Waals surface area (Å²) in [6.45, 7) is 11.1. The second-order valence-corrected chi connectivity index (χ2v) is 3.25. The zero-order chi connectivity index (χ0) is 10.1. The van der Waals surface area contributed by atoms with Gasteiger partial charge in [-0.25, -0.2) is 0 Å². The van der Waals surface area contributed by atoms with E-state index in [4.69, 9.17) is 0 Å². The van der Waals surface area contributed by atoms with Gasteiger partial charge in [0.25, 0.3) is 0 Å². The monoisotopic (exact) mass is 184 g/mol. The van der Waals surface area contributed by atoms with Crippen molar-refractivity contribution in [1.82, 2.24) is 10.2 Å². The third kappa shape index (κ3) is 5.83. The van der Waals surface area contributed by atoms with Crippen LogP contribution >= 0.6 is 0 Å². The molecule has 2 nitrogen and oxygen atoms in total. The number of hydrogen-bond acceptors (Lipinski definition) is 2. The van der Waals surface area contributed by atoms with Gasteiger partial charge in [0.15, 0.2) is 0 Å². The molecule has 0 aliphatic heterocycles. The van der Waals surface area contributed by atoms with Crippen LogP contribution in [0.15, 0.2) is 11.6 Å². The van der Waals surface area contributed by atoms with Gasteiger partial charge in [0.1, 0.15) is 0 Å². The lowest BCUT2D eigenvalue weighted by Gasteiger charge is -2.18. The molecule has 0 aromatic rings. The summed E-state index contributed by atoms with van der Waals surface area (Å²) in [7, 11) is 2.00. The Bertz CT molecular complexity index is 137. The summed E-state index contributed by atoms with van der Waals surface area (Å²) in [6, 6.07) is 0. The fourth-order valence-electron chi connectivity index (χ4n) is 1.40. The van der Waals surface area contributed by atoms with Gasteiger partial charge in [-0.05, 0) is 33.5 Å². The molecule has 2 heteroatoms. The SMILES string of the molecule is C/C=C(/CCN(CC)CC)CNC. The average Bonchev–Trinajstić information content (AvgIpc) is 2.17. The second kappa shape index (κ2) is 8.27.